The van der Waals surface area contributed by atoms with E-state index < -0.39 is 38.5 Å². The lowest BCUT2D eigenvalue weighted by molar-refractivity contribution is -0.138. The highest BCUT2D eigenvalue weighted by atomic mass is 79.9. The van der Waals surface area contributed by atoms with E-state index in [9.17, 15) is 34.8 Å². The van der Waals surface area contributed by atoms with E-state index in [2.05, 4.69) is 67.3 Å². The third kappa shape index (κ3) is 9.26. The van der Waals surface area contributed by atoms with Crippen molar-refractivity contribution in [1.29, 1.82) is 0 Å². The van der Waals surface area contributed by atoms with Crippen molar-refractivity contribution in [2.45, 2.75) is 17.5 Å². The van der Waals surface area contributed by atoms with Gasteiger partial charge < -0.3 is 5.32 Å². The fourth-order valence-electron chi connectivity index (χ4n) is 5.02. The Morgan fingerprint density at radius 2 is 1.13 bits per heavy atom. The Morgan fingerprint density at radius 1 is 0.636 bits per heavy atom. The van der Waals surface area contributed by atoms with E-state index in [0.717, 1.165) is 36.2 Å². The molecular formula is C35H23Br2F6N9O2S. The van der Waals surface area contributed by atoms with Crippen molar-refractivity contribution in [3.8, 4) is 34.2 Å². The Morgan fingerprint density at radius 3 is 1.62 bits per heavy atom. The molecular weight excluding hydrogens is 884 g/mol. The highest BCUT2D eigenvalue weighted by molar-refractivity contribution is 9.11. The van der Waals surface area contributed by atoms with E-state index in [4.69, 9.17) is 0 Å². The van der Waals surface area contributed by atoms with Gasteiger partial charge in [-0.25, -0.2) is 27.7 Å². The van der Waals surface area contributed by atoms with Crippen molar-refractivity contribution in [3.05, 3.63) is 136 Å². The van der Waals surface area contributed by atoms with Crippen LogP contribution < -0.4 is 5.32 Å². The van der Waals surface area contributed by atoms with Crippen LogP contribution in [0.2, 0.25) is 0 Å². The molecule has 4 aromatic heterocycles. The smallest absolute Gasteiger partial charge is 0.324 e. The second-order valence-corrected chi connectivity index (χ2v) is 15.0. The summed E-state index contributed by atoms with van der Waals surface area (Å²) in [6.07, 6.45) is -2.28. The van der Waals surface area contributed by atoms with Gasteiger partial charge in [-0.15, -0.1) is 0 Å². The molecule has 1 N–H and O–H groups in total. The molecule has 0 fully saturated rings. The van der Waals surface area contributed by atoms with E-state index in [1.807, 2.05) is 30.3 Å². The molecule has 7 rings (SSSR count). The summed E-state index contributed by atoms with van der Waals surface area (Å²) in [6.45, 7) is 0. The Balaban J connectivity index is 0.000000188. The molecule has 0 radical (unpaired) electrons. The van der Waals surface area contributed by atoms with Gasteiger partial charge in [-0.1, -0.05) is 42.5 Å². The van der Waals surface area contributed by atoms with Crippen LogP contribution in [0.15, 0.2) is 130 Å². The molecule has 0 atom stereocenters. The molecule has 3 aromatic carbocycles. The maximum absolute atomic E-state index is 13.1. The number of para-hydroxylation sites is 1. The number of nitrogens with one attached hydrogen (secondary N) is 1. The maximum Gasteiger partial charge on any atom is 0.416 e. The van der Waals surface area contributed by atoms with E-state index >= 15 is 0 Å². The SMILES string of the molecule is CS(=O)(=O)c1nccc(-n2ncc(Br)c2-c2cccc(C(F)(F)F)c2)n1.FC(F)(F)c1cccc(-c2c(Br)cnn2-c2ccnc(Nc3ccccc3)n2)c1. The number of aromatic nitrogens is 8. The van der Waals surface area contributed by atoms with E-state index in [0.29, 0.717) is 37.7 Å². The molecule has 11 nitrogen and oxygen atoms in total. The van der Waals surface area contributed by atoms with E-state index in [-0.39, 0.29) is 11.4 Å². The summed E-state index contributed by atoms with van der Waals surface area (Å²) in [7, 11) is -3.65. The van der Waals surface area contributed by atoms with Crippen molar-refractivity contribution in [3.63, 3.8) is 0 Å². The second-order valence-electron chi connectivity index (χ2n) is 11.4. The molecule has 282 valence electrons. The van der Waals surface area contributed by atoms with Crippen LogP contribution in [0.25, 0.3) is 34.2 Å². The number of hydrogen-bond acceptors (Lipinski definition) is 9. The first-order valence-corrected chi connectivity index (χ1v) is 19.0. The average Bonchev–Trinajstić information content (AvgIpc) is 3.74. The number of halogens is 8. The molecule has 0 unspecified atom stereocenters. The molecule has 20 heteroatoms. The number of anilines is 2. The predicted molar refractivity (Wildman–Crippen MR) is 197 cm³/mol. The Bertz CT molecular complexity index is 2580. The summed E-state index contributed by atoms with van der Waals surface area (Å²) in [6, 6.07) is 22.2. The van der Waals surface area contributed by atoms with Gasteiger partial charge in [0.05, 0.1) is 43.9 Å². The zero-order chi connectivity index (χ0) is 39.5. The zero-order valence-electron chi connectivity index (χ0n) is 27.8. The zero-order valence-corrected chi connectivity index (χ0v) is 31.8. The van der Waals surface area contributed by atoms with Gasteiger partial charge in [-0.3, -0.25) is 0 Å². The molecule has 4 heterocycles. The summed E-state index contributed by atoms with van der Waals surface area (Å²) in [4.78, 5) is 16.3. The molecule has 0 aliphatic heterocycles. The molecule has 0 saturated heterocycles. The first kappa shape index (κ1) is 39.2. The van der Waals surface area contributed by atoms with Crippen LogP contribution in [0.3, 0.4) is 0 Å². The number of alkyl halides is 6. The standard InChI is InChI=1S/C20H13BrF3N5.C15H10BrF3N4O2S/c21-16-12-26-29(18(16)13-5-4-6-14(11-13)20(22,23)24)17-9-10-25-19(28-17)27-15-7-2-1-3-8-15;1-26(24,25)14-20-6-5-12(22-14)23-13(11(16)8-21-23)9-3-2-4-10(7-9)15(17,18)19/h1-12H,(H,25,27,28);2-8H,1H3. The van der Waals surface area contributed by atoms with Crippen LogP contribution >= 0.6 is 31.9 Å². The summed E-state index contributed by atoms with van der Waals surface area (Å²) in [5, 5.41) is 11.0. The van der Waals surface area contributed by atoms with Crippen LogP contribution in [0, 0.1) is 0 Å². The number of hydrogen-bond donors (Lipinski definition) is 1. The van der Waals surface area contributed by atoms with Crippen LogP contribution in [-0.4, -0.2) is 54.2 Å². The largest absolute Gasteiger partial charge is 0.416 e. The Kier molecular flexibility index (Phi) is 11.2. The van der Waals surface area contributed by atoms with Gasteiger partial charge in [0.15, 0.2) is 11.6 Å². The van der Waals surface area contributed by atoms with Crippen LogP contribution in [-0.2, 0) is 22.2 Å². The van der Waals surface area contributed by atoms with Gasteiger partial charge in [0.1, 0.15) is 0 Å². The van der Waals surface area contributed by atoms with Crippen molar-refractivity contribution in [2.24, 2.45) is 0 Å². The molecule has 0 saturated carbocycles. The fourth-order valence-corrected chi connectivity index (χ4v) is 6.51. The minimum absolute atomic E-state index is 0.110. The molecule has 0 bridgehead atoms. The van der Waals surface area contributed by atoms with Gasteiger partial charge in [-0.05, 0) is 68.3 Å². The van der Waals surface area contributed by atoms with Gasteiger partial charge in [0.25, 0.3) is 0 Å². The highest BCUT2D eigenvalue weighted by Crippen LogP contribution is 2.37. The minimum Gasteiger partial charge on any atom is -0.324 e. The molecule has 0 aliphatic rings. The van der Waals surface area contributed by atoms with E-state index in [1.54, 1.807) is 18.3 Å². The van der Waals surface area contributed by atoms with Crippen molar-refractivity contribution in [1.82, 2.24) is 39.5 Å². The van der Waals surface area contributed by atoms with Gasteiger partial charge in [0.2, 0.25) is 20.9 Å². The highest BCUT2D eigenvalue weighted by Gasteiger charge is 2.32. The molecule has 0 aliphatic carbocycles. The van der Waals surface area contributed by atoms with Gasteiger partial charge in [-0.2, -0.15) is 46.5 Å². The van der Waals surface area contributed by atoms with E-state index in [1.165, 1.54) is 52.2 Å². The summed E-state index contributed by atoms with van der Waals surface area (Å²) in [5.74, 6) is 0.866. The number of benzene rings is 3. The molecule has 0 spiro atoms. The lowest BCUT2D eigenvalue weighted by Gasteiger charge is -2.12. The lowest BCUT2D eigenvalue weighted by atomic mass is 10.1. The van der Waals surface area contributed by atoms with Crippen LogP contribution in [0.1, 0.15) is 11.1 Å². The van der Waals surface area contributed by atoms with Crippen molar-refractivity contribution >= 4 is 53.3 Å². The number of rotatable bonds is 7. The minimum atomic E-state index is -4.49. The lowest BCUT2D eigenvalue weighted by Crippen LogP contribution is -2.09. The molecule has 55 heavy (non-hydrogen) atoms. The van der Waals surface area contributed by atoms with Gasteiger partial charge in [0, 0.05) is 47.6 Å². The van der Waals surface area contributed by atoms with Crippen LogP contribution in [0.4, 0.5) is 38.0 Å². The second kappa shape index (κ2) is 15.7. The Hall–Kier alpha value is -5.47. The first-order valence-electron chi connectivity index (χ1n) is 15.5. The maximum atomic E-state index is 13.1. The number of nitrogens with zero attached hydrogens (tertiary/aromatic N) is 8. The summed E-state index contributed by atoms with van der Waals surface area (Å²) in [5.41, 5.74) is 0.626. The summed E-state index contributed by atoms with van der Waals surface area (Å²) < 4.78 is 105. The third-order valence-electron chi connectivity index (χ3n) is 7.43. The van der Waals surface area contributed by atoms with Crippen LogP contribution in [0.5, 0.6) is 0 Å². The van der Waals surface area contributed by atoms with Crippen molar-refractivity contribution < 1.29 is 34.8 Å². The number of sulfone groups is 1. The fraction of sp³-hybridized carbons (Fsp3) is 0.0857. The van der Waals surface area contributed by atoms with Crippen molar-refractivity contribution in [2.75, 3.05) is 11.6 Å². The summed E-state index contributed by atoms with van der Waals surface area (Å²) >= 11 is 6.63. The predicted octanol–water partition coefficient (Wildman–Crippen LogP) is 9.37. The molecule has 7 aromatic rings. The normalized spacial score (nSPS) is 11.9. The quantitative estimate of drug-likeness (QED) is 0.123. The first-order chi connectivity index (χ1) is 26.0. The topological polar surface area (TPSA) is 133 Å². The monoisotopic (exact) mass is 905 g/mol. The Labute approximate surface area is 325 Å². The third-order valence-corrected chi connectivity index (χ3v) is 9.45. The average molecular weight is 907 g/mol. The van der Waals surface area contributed by atoms with Gasteiger partial charge >= 0.3 is 12.4 Å². The molecule has 0 amide bonds.